The molecule has 0 aromatic heterocycles. The fourth-order valence-electron chi connectivity index (χ4n) is 2.39. The van der Waals surface area contributed by atoms with Crippen LogP contribution in [0.1, 0.15) is 78.1 Å². The summed E-state index contributed by atoms with van der Waals surface area (Å²) in [6.45, 7) is 5.24. The Morgan fingerprint density at radius 2 is 1.56 bits per heavy atom. The average Bonchev–Trinajstić information content (AvgIpc) is 2.35. The second-order valence-corrected chi connectivity index (χ2v) is 5.29. The lowest BCUT2D eigenvalue weighted by Gasteiger charge is -2.16. The third kappa shape index (κ3) is 11.7. The van der Waals surface area contributed by atoms with Gasteiger partial charge in [-0.1, -0.05) is 65.2 Å². The molecule has 3 nitrogen and oxygen atoms in total. The van der Waals surface area contributed by atoms with Gasteiger partial charge in [0.15, 0.2) is 0 Å². The number of nitrogens with one attached hydrogen (secondary N) is 1. The molecule has 1 unspecified atom stereocenters. The first-order chi connectivity index (χ1) is 8.70. The minimum Gasteiger partial charge on any atom is -0.352 e. The van der Waals surface area contributed by atoms with E-state index in [1.165, 1.54) is 57.8 Å². The predicted molar refractivity (Wildman–Crippen MR) is 78.6 cm³/mol. The lowest BCUT2D eigenvalue weighted by Crippen LogP contribution is -2.30. The maximum atomic E-state index is 10.6. The van der Waals surface area contributed by atoms with Gasteiger partial charge in [-0.25, -0.2) is 4.79 Å². The average molecular weight is 256 g/mol. The number of carbonyl (C=O) groups excluding carboxylic acids is 1. The first-order valence-corrected chi connectivity index (χ1v) is 7.74. The molecular formula is C15H32N2O. The van der Waals surface area contributed by atoms with Gasteiger partial charge in [-0.05, 0) is 18.8 Å². The molecule has 0 radical (unpaired) electrons. The molecule has 0 aliphatic carbocycles. The normalized spacial score (nSPS) is 12.3. The Hall–Kier alpha value is -0.730. The molecule has 0 spiro atoms. The summed E-state index contributed by atoms with van der Waals surface area (Å²) in [4.78, 5) is 10.6. The van der Waals surface area contributed by atoms with Gasteiger partial charge in [-0.2, -0.15) is 0 Å². The summed E-state index contributed by atoms with van der Waals surface area (Å²) in [5.74, 6) is 0.844. The van der Waals surface area contributed by atoms with Crippen LogP contribution in [0.3, 0.4) is 0 Å². The van der Waals surface area contributed by atoms with Crippen LogP contribution in [0.25, 0.3) is 0 Å². The van der Waals surface area contributed by atoms with Crippen LogP contribution in [0, 0.1) is 5.92 Å². The highest BCUT2D eigenvalue weighted by molar-refractivity contribution is 5.71. The molecule has 0 bridgehead atoms. The standard InChI is InChI=1S/C15H32N2O/c1-3-5-7-8-11-14(10-6-4-2)12-9-13-17-15(16)18/h14H,3-13H2,1-2H3,(H3,16,17,18). The van der Waals surface area contributed by atoms with E-state index < -0.39 is 6.03 Å². The van der Waals surface area contributed by atoms with Crippen molar-refractivity contribution >= 4 is 6.03 Å². The van der Waals surface area contributed by atoms with Crippen molar-refractivity contribution < 1.29 is 4.79 Å². The number of hydrogen-bond donors (Lipinski definition) is 2. The predicted octanol–water partition coefficient (Wildman–Crippen LogP) is 4.21. The van der Waals surface area contributed by atoms with Crippen molar-refractivity contribution in [2.75, 3.05) is 6.54 Å². The molecule has 0 aromatic carbocycles. The van der Waals surface area contributed by atoms with Crippen LogP contribution >= 0.6 is 0 Å². The topological polar surface area (TPSA) is 55.1 Å². The van der Waals surface area contributed by atoms with Crippen molar-refractivity contribution in [1.82, 2.24) is 5.32 Å². The smallest absolute Gasteiger partial charge is 0.312 e. The summed E-state index contributed by atoms with van der Waals surface area (Å²) in [7, 11) is 0. The SMILES string of the molecule is CCCCCCC(CCCC)CCCNC(N)=O. The number of hydrogen-bond acceptors (Lipinski definition) is 1. The Balaban J connectivity index is 3.65. The highest BCUT2D eigenvalue weighted by Gasteiger charge is 2.08. The molecule has 108 valence electrons. The highest BCUT2D eigenvalue weighted by Crippen LogP contribution is 2.21. The van der Waals surface area contributed by atoms with E-state index in [0.29, 0.717) is 0 Å². The zero-order valence-corrected chi connectivity index (χ0v) is 12.3. The molecule has 0 saturated carbocycles. The zero-order chi connectivity index (χ0) is 13.6. The fourth-order valence-corrected chi connectivity index (χ4v) is 2.39. The first kappa shape index (κ1) is 17.3. The molecule has 0 fully saturated rings. The lowest BCUT2D eigenvalue weighted by atomic mass is 9.91. The molecule has 0 heterocycles. The summed E-state index contributed by atoms with van der Waals surface area (Å²) >= 11 is 0. The molecule has 0 saturated heterocycles. The van der Waals surface area contributed by atoms with E-state index in [1.807, 2.05) is 0 Å². The number of nitrogens with two attached hydrogens (primary N) is 1. The van der Waals surface area contributed by atoms with Crippen LogP contribution < -0.4 is 11.1 Å². The van der Waals surface area contributed by atoms with Gasteiger partial charge in [0, 0.05) is 6.54 Å². The molecule has 0 aliphatic heterocycles. The summed E-state index contributed by atoms with van der Waals surface area (Å²) in [5, 5.41) is 2.67. The summed E-state index contributed by atoms with van der Waals surface area (Å²) in [6, 6.07) is -0.400. The Morgan fingerprint density at radius 1 is 0.944 bits per heavy atom. The number of rotatable bonds is 12. The van der Waals surface area contributed by atoms with Gasteiger partial charge in [0.05, 0.1) is 0 Å². The van der Waals surface area contributed by atoms with Crippen molar-refractivity contribution in [2.45, 2.75) is 78.1 Å². The van der Waals surface area contributed by atoms with Gasteiger partial charge in [0.2, 0.25) is 0 Å². The van der Waals surface area contributed by atoms with E-state index in [2.05, 4.69) is 19.2 Å². The van der Waals surface area contributed by atoms with Crippen LogP contribution in [0.5, 0.6) is 0 Å². The zero-order valence-electron chi connectivity index (χ0n) is 12.3. The molecule has 3 heteroatoms. The van der Waals surface area contributed by atoms with Crippen LogP contribution in [0.15, 0.2) is 0 Å². The molecule has 0 aromatic rings. The number of urea groups is 1. The van der Waals surface area contributed by atoms with E-state index >= 15 is 0 Å². The van der Waals surface area contributed by atoms with Crippen molar-refractivity contribution in [3.8, 4) is 0 Å². The van der Waals surface area contributed by atoms with Gasteiger partial charge in [-0.15, -0.1) is 0 Å². The Labute approximate surface area is 113 Å². The van der Waals surface area contributed by atoms with Crippen molar-refractivity contribution in [3.63, 3.8) is 0 Å². The molecule has 3 N–H and O–H groups in total. The highest BCUT2D eigenvalue weighted by atomic mass is 16.2. The van der Waals surface area contributed by atoms with E-state index in [1.54, 1.807) is 0 Å². The molecule has 18 heavy (non-hydrogen) atoms. The lowest BCUT2D eigenvalue weighted by molar-refractivity contribution is 0.248. The molecule has 1 atom stereocenters. The second kappa shape index (κ2) is 12.7. The molecular weight excluding hydrogens is 224 g/mol. The summed E-state index contributed by atoms with van der Waals surface area (Å²) < 4.78 is 0. The summed E-state index contributed by atoms with van der Waals surface area (Å²) in [6.07, 6.45) is 13.0. The quantitative estimate of drug-likeness (QED) is 0.505. The second-order valence-electron chi connectivity index (χ2n) is 5.29. The van der Waals surface area contributed by atoms with Crippen LogP contribution in [-0.2, 0) is 0 Å². The maximum Gasteiger partial charge on any atom is 0.312 e. The van der Waals surface area contributed by atoms with Crippen LogP contribution in [0.2, 0.25) is 0 Å². The van der Waals surface area contributed by atoms with Crippen LogP contribution in [0.4, 0.5) is 4.79 Å². The van der Waals surface area contributed by atoms with E-state index in [0.717, 1.165) is 18.9 Å². The maximum absolute atomic E-state index is 10.6. The van der Waals surface area contributed by atoms with Crippen molar-refractivity contribution in [2.24, 2.45) is 11.7 Å². The third-order valence-electron chi connectivity index (χ3n) is 3.52. The minimum atomic E-state index is -0.400. The van der Waals surface area contributed by atoms with Gasteiger partial charge in [0.1, 0.15) is 0 Å². The van der Waals surface area contributed by atoms with E-state index in [9.17, 15) is 4.79 Å². The van der Waals surface area contributed by atoms with Crippen molar-refractivity contribution in [3.05, 3.63) is 0 Å². The Morgan fingerprint density at radius 3 is 2.17 bits per heavy atom. The van der Waals surface area contributed by atoms with Gasteiger partial charge in [0.25, 0.3) is 0 Å². The van der Waals surface area contributed by atoms with Crippen LogP contribution in [-0.4, -0.2) is 12.6 Å². The Kier molecular flexibility index (Phi) is 12.2. The number of primary amides is 1. The first-order valence-electron chi connectivity index (χ1n) is 7.74. The number of unbranched alkanes of at least 4 members (excludes halogenated alkanes) is 4. The van der Waals surface area contributed by atoms with E-state index in [4.69, 9.17) is 5.73 Å². The monoisotopic (exact) mass is 256 g/mol. The number of carbonyl (C=O) groups is 1. The third-order valence-corrected chi connectivity index (χ3v) is 3.52. The molecule has 0 rings (SSSR count). The summed E-state index contributed by atoms with van der Waals surface area (Å²) in [5.41, 5.74) is 5.05. The minimum absolute atomic E-state index is 0.400. The van der Waals surface area contributed by atoms with Gasteiger partial charge >= 0.3 is 6.03 Å². The molecule has 0 aliphatic rings. The van der Waals surface area contributed by atoms with Gasteiger partial charge < -0.3 is 11.1 Å². The molecule has 2 amide bonds. The largest absolute Gasteiger partial charge is 0.352 e. The number of amides is 2. The fraction of sp³-hybridized carbons (Fsp3) is 0.933. The van der Waals surface area contributed by atoms with Crippen molar-refractivity contribution in [1.29, 1.82) is 0 Å². The Bertz CT molecular complexity index is 195. The van der Waals surface area contributed by atoms with E-state index in [-0.39, 0.29) is 0 Å². The van der Waals surface area contributed by atoms with Gasteiger partial charge in [-0.3, -0.25) is 0 Å².